The number of carbonyl (C=O) groups is 2. The van der Waals surface area contributed by atoms with E-state index in [1.807, 2.05) is 13.0 Å². The lowest BCUT2D eigenvalue weighted by molar-refractivity contribution is -0.137. The summed E-state index contributed by atoms with van der Waals surface area (Å²) in [5.41, 5.74) is 7.48. The molecule has 104 valence electrons. The van der Waals surface area contributed by atoms with Crippen molar-refractivity contribution >= 4 is 23.3 Å². The molecule has 0 saturated heterocycles. The van der Waals surface area contributed by atoms with Gasteiger partial charge in [-0.15, -0.1) is 0 Å². The molecule has 0 aromatic heterocycles. The van der Waals surface area contributed by atoms with Crippen molar-refractivity contribution in [2.75, 3.05) is 17.6 Å². The van der Waals surface area contributed by atoms with E-state index >= 15 is 0 Å². The normalized spacial score (nSPS) is 10.5. The van der Waals surface area contributed by atoms with Crippen LogP contribution >= 0.6 is 0 Å². The van der Waals surface area contributed by atoms with Crippen LogP contribution in [0.15, 0.2) is 30.0 Å². The molecule has 20 heavy (non-hydrogen) atoms. The van der Waals surface area contributed by atoms with Gasteiger partial charge in [0.15, 0.2) is 0 Å². The Labute approximate surface area is 115 Å². The molecule has 1 amide bonds. The first-order chi connectivity index (χ1) is 9.43. The fraction of sp³-hybridized carbons (Fsp3) is 0.154. The van der Waals surface area contributed by atoms with E-state index in [0.717, 1.165) is 5.56 Å². The third-order valence-corrected chi connectivity index (χ3v) is 2.35. The van der Waals surface area contributed by atoms with Gasteiger partial charge < -0.3 is 21.5 Å². The van der Waals surface area contributed by atoms with Crippen molar-refractivity contribution in [1.29, 1.82) is 5.26 Å². The number of aliphatic carboxylic acids is 1. The van der Waals surface area contributed by atoms with Crippen LogP contribution in [0.2, 0.25) is 0 Å². The number of nitrogens with one attached hydrogen (secondary N) is 2. The van der Waals surface area contributed by atoms with Crippen molar-refractivity contribution < 1.29 is 14.7 Å². The molecular formula is C13H14N4O3. The Morgan fingerprint density at radius 1 is 1.50 bits per heavy atom. The van der Waals surface area contributed by atoms with Crippen LogP contribution in [0.4, 0.5) is 11.4 Å². The molecule has 0 aliphatic heterocycles. The van der Waals surface area contributed by atoms with Crippen LogP contribution in [0.25, 0.3) is 0 Å². The van der Waals surface area contributed by atoms with Crippen LogP contribution in [0.3, 0.4) is 0 Å². The Kier molecular flexibility index (Phi) is 5.12. The van der Waals surface area contributed by atoms with E-state index in [0.29, 0.717) is 11.4 Å². The molecule has 0 aliphatic rings. The van der Waals surface area contributed by atoms with E-state index in [2.05, 4.69) is 10.6 Å². The van der Waals surface area contributed by atoms with Crippen molar-refractivity contribution in [3.63, 3.8) is 0 Å². The van der Waals surface area contributed by atoms with E-state index in [1.54, 1.807) is 18.2 Å². The highest BCUT2D eigenvalue weighted by Crippen LogP contribution is 2.19. The number of nitrogens with two attached hydrogens (primary N) is 1. The molecule has 0 atom stereocenters. The lowest BCUT2D eigenvalue weighted by Gasteiger charge is -2.07. The van der Waals surface area contributed by atoms with Crippen LogP contribution in [-0.4, -0.2) is 23.5 Å². The molecule has 0 bridgehead atoms. The van der Waals surface area contributed by atoms with Crippen molar-refractivity contribution in [3.05, 3.63) is 35.5 Å². The number of anilines is 2. The highest BCUT2D eigenvalue weighted by Gasteiger charge is 2.10. The molecule has 1 rings (SSSR count). The topological polar surface area (TPSA) is 128 Å². The van der Waals surface area contributed by atoms with Gasteiger partial charge in [-0.25, -0.2) is 0 Å². The Balaban J connectivity index is 2.80. The summed E-state index contributed by atoms with van der Waals surface area (Å²) in [7, 11) is 0. The van der Waals surface area contributed by atoms with Gasteiger partial charge in [0, 0.05) is 6.20 Å². The lowest BCUT2D eigenvalue weighted by atomic mass is 10.2. The first-order valence-electron chi connectivity index (χ1n) is 5.67. The summed E-state index contributed by atoms with van der Waals surface area (Å²) in [6.45, 7) is 1.32. The highest BCUT2D eigenvalue weighted by molar-refractivity contribution is 5.98. The van der Waals surface area contributed by atoms with Crippen LogP contribution in [0.5, 0.6) is 0 Å². The Morgan fingerprint density at radius 2 is 2.20 bits per heavy atom. The Morgan fingerprint density at radius 3 is 2.80 bits per heavy atom. The van der Waals surface area contributed by atoms with Gasteiger partial charge in [0.1, 0.15) is 18.2 Å². The number of nitrogen functional groups attached to an aromatic ring is 1. The number of hydrogen-bond donors (Lipinski definition) is 4. The fourth-order valence-electron chi connectivity index (χ4n) is 1.34. The van der Waals surface area contributed by atoms with Crippen LogP contribution in [-0.2, 0) is 9.59 Å². The summed E-state index contributed by atoms with van der Waals surface area (Å²) in [5.74, 6) is -1.96. The zero-order chi connectivity index (χ0) is 15.1. The minimum absolute atomic E-state index is 0.243. The number of carbonyl (C=O) groups excluding carboxylic acids is 1. The summed E-state index contributed by atoms with van der Waals surface area (Å²) in [6, 6.07) is 6.97. The average molecular weight is 274 g/mol. The largest absolute Gasteiger partial charge is 0.480 e. The third kappa shape index (κ3) is 4.34. The summed E-state index contributed by atoms with van der Waals surface area (Å²) in [4.78, 5) is 21.8. The number of aryl methyl sites for hydroxylation is 1. The number of nitriles is 1. The average Bonchev–Trinajstić information content (AvgIpc) is 2.40. The molecule has 0 saturated carbocycles. The molecule has 7 nitrogen and oxygen atoms in total. The summed E-state index contributed by atoms with van der Waals surface area (Å²) >= 11 is 0. The van der Waals surface area contributed by atoms with Gasteiger partial charge in [-0.05, 0) is 24.6 Å². The number of rotatable bonds is 5. The number of carboxylic acid groups (broad SMARTS) is 1. The summed E-state index contributed by atoms with van der Waals surface area (Å²) in [5, 5.41) is 22.2. The fourth-order valence-corrected chi connectivity index (χ4v) is 1.34. The maximum atomic E-state index is 11.5. The molecule has 0 heterocycles. The highest BCUT2D eigenvalue weighted by atomic mass is 16.4. The van der Waals surface area contributed by atoms with Crippen molar-refractivity contribution in [2.45, 2.75) is 6.92 Å². The summed E-state index contributed by atoms with van der Waals surface area (Å²) < 4.78 is 0. The second kappa shape index (κ2) is 6.80. The lowest BCUT2D eigenvalue weighted by Crippen LogP contribution is -2.30. The Bertz CT molecular complexity index is 602. The van der Waals surface area contributed by atoms with Gasteiger partial charge in [0.05, 0.1) is 11.4 Å². The van der Waals surface area contributed by atoms with Gasteiger partial charge in [0.25, 0.3) is 5.91 Å². The standard InChI is InChI=1S/C13H14N4O3/c1-8-2-3-10(15)11(4-8)16-6-9(5-14)13(20)17-7-12(18)19/h2-4,6,16H,7,15H2,1H3,(H,17,20)(H,18,19)/b9-6-. The van der Waals surface area contributed by atoms with Crippen molar-refractivity contribution in [3.8, 4) is 6.07 Å². The smallest absolute Gasteiger partial charge is 0.322 e. The van der Waals surface area contributed by atoms with Crippen LogP contribution in [0.1, 0.15) is 5.56 Å². The Hall–Kier alpha value is -3.01. The minimum Gasteiger partial charge on any atom is -0.480 e. The quantitative estimate of drug-likeness (QED) is 0.353. The van der Waals surface area contributed by atoms with Gasteiger partial charge in [-0.3, -0.25) is 9.59 Å². The maximum Gasteiger partial charge on any atom is 0.322 e. The predicted molar refractivity (Wildman–Crippen MR) is 73.6 cm³/mol. The van der Waals surface area contributed by atoms with E-state index < -0.39 is 18.4 Å². The van der Waals surface area contributed by atoms with E-state index in [1.165, 1.54) is 6.20 Å². The monoisotopic (exact) mass is 274 g/mol. The number of benzene rings is 1. The molecule has 0 aliphatic carbocycles. The third-order valence-electron chi connectivity index (χ3n) is 2.35. The molecule has 5 N–H and O–H groups in total. The number of nitrogens with zero attached hydrogens (tertiary/aromatic N) is 1. The van der Waals surface area contributed by atoms with Gasteiger partial charge in [-0.1, -0.05) is 6.07 Å². The summed E-state index contributed by atoms with van der Waals surface area (Å²) in [6.07, 6.45) is 1.18. The van der Waals surface area contributed by atoms with Gasteiger partial charge >= 0.3 is 5.97 Å². The molecular weight excluding hydrogens is 260 g/mol. The molecule has 0 radical (unpaired) electrons. The molecule has 1 aromatic carbocycles. The zero-order valence-electron chi connectivity index (χ0n) is 10.8. The predicted octanol–water partition coefficient (Wildman–Crippen LogP) is 0.597. The number of amides is 1. The van der Waals surface area contributed by atoms with Crippen LogP contribution < -0.4 is 16.4 Å². The van der Waals surface area contributed by atoms with Gasteiger partial charge in [0.2, 0.25) is 0 Å². The van der Waals surface area contributed by atoms with Gasteiger partial charge in [-0.2, -0.15) is 5.26 Å². The van der Waals surface area contributed by atoms with Crippen LogP contribution in [0, 0.1) is 18.3 Å². The number of carboxylic acids is 1. The van der Waals surface area contributed by atoms with Crippen molar-refractivity contribution in [2.24, 2.45) is 0 Å². The van der Waals surface area contributed by atoms with Crippen molar-refractivity contribution in [1.82, 2.24) is 5.32 Å². The zero-order valence-corrected chi connectivity index (χ0v) is 10.8. The van der Waals surface area contributed by atoms with E-state index in [4.69, 9.17) is 16.1 Å². The molecule has 1 aromatic rings. The second-order valence-corrected chi connectivity index (χ2v) is 3.98. The molecule has 7 heteroatoms. The molecule has 0 spiro atoms. The maximum absolute atomic E-state index is 11.5. The minimum atomic E-state index is -1.19. The molecule has 0 fully saturated rings. The number of hydrogen-bond acceptors (Lipinski definition) is 5. The molecule has 0 unspecified atom stereocenters. The SMILES string of the molecule is Cc1ccc(N)c(N/C=C(/C#N)C(=O)NCC(=O)O)c1. The first kappa shape index (κ1) is 15.0. The van der Waals surface area contributed by atoms with E-state index in [-0.39, 0.29) is 5.57 Å². The van der Waals surface area contributed by atoms with E-state index in [9.17, 15) is 9.59 Å². The second-order valence-electron chi connectivity index (χ2n) is 3.98. The first-order valence-corrected chi connectivity index (χ1v) is 5.67.